The van der Waals surface area contributed by atoms with E-state index in [-0.39, 0.29) is 17.6 Å². The molecule has 1 aliphatic heterocycles. The Morgan fingerprint density at radius 3 is 2.70 bits per heavy atom. The second-order valence-corrected chi connectivity index (χ2v) is 7.49. The standard InChI is InChI=1S/C21H23ClN6O2/c22-17-6-4-16(5-7-17)14-28-15-19(25-26-28)21(29)24-13-20(18-3-1-2-8-23-18)27-9-11-30-12-10-27/h1-8,15,20H,9-14H2,(H,24,29). The molecule has 1 unspecified atom stereocenters. The topological polar surface area (TPSA) is 85.2 Å². The van der Waals surface area contributed by atoms with Gasteiger partial charge in [0.1, 0.15) is 0 Å². The summed E-state index contributed by atoms with van der Waals surface area (Å²) < 4.78 is 7.10. The number of pyridine rings is 1. The molecule has 0 spiro atoms. The van der Waals surface area contributed by atoms with Gasteiger partial charge in [0.2, 0.25) is 0 Å². The molecule has 0 saturated carbocycles. The van der Waals surface area contributed by atoms with E-state index in [2.05, 4.69) is 25.5 Å². The first-order valence-corrected chi connectivity index (χ1v) is 10.2. The van der Waals surface area contributed by atoms with Gasteiger partial charge in [-0.1, -0.05) is 35.0 Å². The first kappa shape index (κ1) is 20.5. The maximum Gasteiger partial charge on any atom is 0.273 e. The first-order valence-electron chi connectivity index (χ1n) is 9.84. The van der Waals surface area contributed by atoms with Gasteiger partial charge in [-0.25, -0.2) is 4.68 Å². The van der Waals surface area contributed by atoms with E-state index < -0.39 is 0 Å². The average molecular weight is 427 g/mol. The zero-order chi connectivity index (χ0) is 20.8. The van der Waals surface area contributed by atoms with Crippen molar-refractivity contribution in [3.63, 3.8) is 0 Å². The lowest BCUT2D eigenvalue weighted by Crippen LogP contribution is -2.44. The van der Waals surface area contributed by atoms with E-state index in [4.69, 9.17) is 16.3 Å². The number of rotatable bonds is 7. The molecular formula is C21H23ClN6O2. The van der Waals surface area contributed by atoms with Gasteiger partial charge in [0.15, 0.2) is 5.69 Å². The summed E-state index contributed by atoms with van der Waals surface area (Å²) in [6.07, 6.45) is 3.42. The highest BCUT2D eigenvalue weighted by molar-refractivity contribution is 6.30. The van der Waals surface area contributed by atoms with Gasteiger partial charge in [-0.15, -0.1) is 5.10 Å². The molecular weight excluding hydrogens is 404 g/mol. The van der Waals surface area contributed by atoms with Crippen molar-refractivity contribution in [3.8, 4) is 0 Å². The maximum absolute atomic E-state index is 12.7. The number of carbonyl (C=O) groups is 1. The Bertz CT molecular complexity index is 957. The number of amides is 1. The minimum Gasteiger partial charge on any atom is -0.379 e. The number of ether oxygens (including phenoxy) is 1. The van der Waals surface area contributed by atoms with Crippen molar-refractivity contribution >= 4 is 17.5 Å². The highest BCUT2D eigenvalue weighted by Crippen LogP contribution is 2.19. The monoisotopic (exact) mass is 426 g/mol. The van der Waals surface area contributed by atoms with Crippen molar-refractivity contribution in [1.82, 2.24) is 30.2 Å². The molecule has 3 heterocycles. The summed E-state index contributed by atoms with van der Waals surface area (Å²) in [5.74, 6) is -0.258. The summed E-state index contributed by atoms with van der Waals surface area (Å²) in [6.45, 7) is 3.90. The Hall–Kier alpha value is -2.81. The molecule has 1 atom stereocenters. The zero-order valence-corrected chi connectivity index (χ0v) is 17.2. The van der Waals surface area contributed by atoms with Crippen LogP contribution in [0, 0.1) is 0 Å². The van der Waals surface area contributed by atoms with Gasteiger partial charge in [0.05, 0.1) is 37.7 Å². The molecule has 2 aromatic heterocycles. The van der Waals surface area contributed by atoms with Crippen molar-refractivity contribution in [2.75, 3.05) is 32.8 Å². The van der Waals surface area contributed by atoms with E-state index in [1.165, 1.54) is 0 Å². The fraction of sp³-hybridized carbons (Fsp3) is 0.333. The largest absolute Gasteiger partial charge is 0.379 e. The number of nitrogens with zero attached hydrogens (tertiary/aromatic N) is 5. The van der Waals surface area contributed by atoms with Crippen LogP contribution in [0.3, 0.4) is 0 Å². The summed E-state index contributed by atoms with van der Waals surface area (Å²) in [5.41, 5.74) is 2.23. The normalized spacial score (nSPS) is 15.6. The summed E-state index contributed by atoms with van der Waals surface area (Å²) in [6, 6.07) is 13.3. The van der Waals surface area contributed by atoms with E-state index in [9.17, 15) is 4.79 Å². The average Bonchev–Trinajstić information content (AvgIpc) is 3.25. The summed E-state index contributed by atoms with van der Waals surface area (Å²) in [7, 11) is 0. The number of morpholine rings is 1. The Labute approximate surface area is 179 Å². The van der Waals surface area contributed by atoms with Crippen molar-refractivity contribution in [3.05, 3.63) is 76.8 Å². The number of hydrogen-bond acceptors (Lipinski definition) is 6. The third kappa shape index (κ3) is 5.21. The Morgan fingerprint density at radius 1 is 1.17 bits per heavy atom. The highest BCUT2D eigenvalue weighted by Gasteiger charge is 2.24. The van der Waals surface area contributed by atoms with Gasteiger partial charge < -0.3 is 10.1 Å². The molecule has 9 heteroatoms. The van der Waals surface area contributed by atoms with E-state index in [0.717, 1.165) is 24.3 Å². The predicted molar refractivity (Wildman–Crippen MR) is 112 cm³/mol. The lowest BCUT2D eigenvalue weighted by Gasteiger charge is -2.34. The second-order valence-electron chi connectivity index (χ2n) is 7.06. The van der Waals surface area contributed by atoms with Gasteiger partial charge >= 0.3 is 0 Å². The van der Waals surface area contributed by atoms with E-state index >= 15 is 0 Å². The van der Waals surface area contributed by atoms with E-state index in [1.54, 1.807) is 17.1 Å². The van der Waals surface area contributed by atoms with Crippen LogP contribution in [0.15, 0.2) is 54.9 Å². The molecule has 1 aromatic carbocycles. The van der Waals surface area contributed by atoms with Crippen LogP contribution in [-0.2, 0) is 11.3 Å². The summed E-state index contributed by atoms with van der Waals surface area (Å²) in [5, 5.41) is 11.7. The number of nitrogens with one attached hydrogen (secondary N) is 1. The van der Waals surface area contributed by atoms with Crippen LogP contribution < -0.4 is 5.32 Å². The molecule has 30 heavy (non-hydrogen) atoms. The third-order valence-corrected chi connectivity index (χ3v) is 5.25. The molecule has 4 rings (SSSR count). The SMILES string of the molecule is O=C(NCC(c1ccccn1)N1CCOCC1)c1cn(Cc2ccc(Cl)cc2)nn1. The summed E-state index contributed by atoms with van der Waals surface area (Å²) >= 11 is 5.92. The first-order chi connectivity index (χ1) is 14.7. The van der Waals surface area contributed by atoms with Crippen LogP contribution in [0.2, 0.25) is 5.02 Å². The zero-order valence-electron chi connectivity index (χ0n) is 16.4. The van der Waals surface area contributed by atoms with Gasteiger partial charge in [0.25, 0.3) is 5.91 Å². The fourth-order valence-electron chi connectivity index (χ4n) is 3.42. The summed E-state index contributed by atoms with van der Waals surface area (Å²) in [4.78, 5) is 19.4. The molecule has 1 N–H and O–H groups in total. The number of halogens is 1. The lowest BCUT2D eigenvalue weighted by atomic mass is 10.1. The highest BCUT2D eigenvalue weighted by atomic mass is 35.5. The van der Waals surface area contributed by atoms with Crippen LogP contribution in [0.1, 0.15) is 27.8 Å². The molecule has 8 nitrogen and oxygen atoms in total. The third-order valence-electron chi connectivity index (χ3n) is 5.00. The molecule has 0 radical (unpaired) electrons. The molecule has 3 aromatic rings. The quantitative estimate of drug-likeness (QED) is 0.623. The molecule has 1 aliphatic rings. The van der Waals surface area contributed by atoms with Crippen LogP contribution in [0.5, 0.6) is 0 Å². The Morgan fingerprint density at radius 2 is 1.97 bits per heavy atom. The smallest absolute Gasteiger partial charge is 0.273 e. The minimum absolute atomic E-state index is 0.0248. The van der Waals surface area contributed by atoms with E-state index in [0.29, 0.717) is 31.3 Å². The van der Waals surface area contributed by atoms with Crippen molar-refractivity contribution < 1.29 is 9.53 Å². The van der Waals surface area contributed by atoms with Gasteiger partial charge in [-0.05, 0) is 29.8 Å². The van der Waals surface area contributed by atoms with Crippen LogP contribution in [-0.4, -0.2) is 63.6 Å². The van der Waals surface area contributed by atoms with Crippen LogP contribution in [0.25, 0.3) is 0 Å². The molecule has 0 aliphatic carbocycles. The fourth-order valence-corrected chi connectivity index (χ4v) is 3.55. The predicted octanol–water partition coefficient (Wildman–Crippen LogP) is 2.18. The van der Waals surface area contributed by atoms with Crippen LogP contribution in [0.4, 0.5) is 0 Å². The Balaban J connectivity index is 1.39. The second kappa shape index (κ2) is 9.80. The lowest BCUT2D eigenvalue weighted by molar-refractivity contribution is 0.0153. The number of aromatic nitrogens is 4. The van der Waals surface area contributed by atoms with Gasteiger partial charge in [-0.3, -0.25) is 14.7 Å². The minimum atomic E-state index is -0.258. The Kier molecular flexibility index (Phi) is 6.68. The van der Waals surface area contributed by atoms with Crippen molar-refractivity contribution in [2.45, 2.75) is 12.6 Å². The van der Waals surface area contributed by atoms with E-state index in [1.807, 2.05) is 42.5 Å². The number of hydrogen-bond donors (Lipinski definition) is 1. The maximum atomic E-state index is 12.7. The van der Waals surface area contributed by atoms with Crippen molar-refractivity contribution in [1.29, 1.82) is 0 Å². The molecule has 1 saturated heterocycles. The van der Waals surface area contributed by atoms with Crippen molar-refractivity contribution in [2.24, 2.45) is 0 Å². The number of carbonyl (C=O) groups excluding carboxylic acids is 1. The van der Waals surface area contributed by atoms with Gasteiger partial charge in [-0.2, -0.15) is 0 Å². The molecule has 1 fully saturated rings. The molecule has 0 bridgehead atoms. The molecule has 1 amide bonds. The van der Waals surface area contributed by atoms with Gasteiger partial charge in [0, 0.05) is 30.9 Å². The number of benzene rings is 1. The van der Waals surface area contributed by atoms with Crippen LogP contribution >= 0.6 is 11.6 Å². The molecule has 156 valence electrons.